The molecular formula is C18H21BrClN5O. The van der Waals surface area contributed by atoms with E-state index in [1.54, 1.807) is 18.3 Å². The number of likely N-dealkylation sites (N-methyl/N-ethyl adjacent to an activating group) is 1. The van der Waals surface area contributed by atoms with E-state index < -0.39 is 0 Å². The van der Waals surface area contributed by atoms with E-state index in [9.17, 15) is 4.79 Å². The molecule has 6 nitrogen and oxygen atoms in total. The van der Waals surface area contributed by atoms with Crippen molar-refractivity contribution in [3.8, 4) is 0 Å². The average molecular weight is 439 g/mol. The fraction of sp³-hybridized carbons (Fsp3) is 0.389. The summed E-state index contributed by atoms with van der Waals surface area (Å²) in [6.07, 6.45) is 3.88. The number of hydrogen-bond donors (Lipinski definition) is 1. The predicted octanol–water partition coefficient (Wildman–Crippen LogP) is 3.43. The third-order valence-corrected chi connectivity index (χ3v) is 5.18. The topological polar surface area (TPSA) is 61.4 Å². The van der Waals surface area contributed by atoms with E-state index in [2.05, 4.69) is 36.3 Å². The number of carbonyl (C=O) groups is 1. The molecule has 1 aromatic heterocycles. The molecule has 1 aromatic carbocycles. The quantitative estimate of drug-likeness (QED) is 0.749. The van der Waals surface area contributed by atoms with Gasteiger partial charge < -0.3 is 10.2 Å². The fourth-order valence-electron chi connectivity index (χ4n) is 3.22. The van der Waals surface area contributed by atoms with Crippen molar-refractivity contribution in [2.24, 2.45) is 0 Å². The second kappa shape index (κ2) is 8.79. The van der Waals surface area contributed by atoms with Gasteiger partial charge >= 0.3 is 0 Å². The largest absolute Gasteiger partial charge is 0.351 e. The van der Waals surface area contributed by atoms with Crippen LogP contribution in [0.15, 0.2) is 41.0 Å². The molecule has 1 unspecified atom stereocenters. The van der Waals surface area contributed by atoms with Crippen molar-refractivity contribution in [1.29, 1.82) is 0 Å². The van der Waals surface area contributed by atoms with Crippen molar-refractivity contribution < 1.29 is 4.79 Å². The zero-order valence-electron chi connectivity index (χ0n) is 14.5. The van der Waals surface area contributed by atoms with Crippen molar-refractivity contribution in [2.75, 3.05) is 36.9 Å². The first-order valence-electron chi connectivity index (χ1n) is 8.51. The highest BCUT2D eigenvalue weighted by Crippen LogP contribution is 2.26. The fourth-order valence-corrected chi connectivity index (χ4v) is 3.94. The Kier molecular flexibility index (Phi) is 6.45. The number of hydrogen-bond acceptors (Lipinski definition) is 5. The van der Waals surface area contributed by atoms with E-state index >= 15 is 0 Å². The van der Waals surface area contributed by atoms with Crippen LogP contribution in [0, 0.1) is 0 Å². The summed E-state index contributed by atoms with van der Waals surface area (Å²) in [4.78, 5) is 16.6. The molecule has 1 aliphatic rings. The lowest BCUT2D eigenvalue weighted by atomic mass is 10.2. The van der Waals surface area contributed by atoms with Crippen LogP contribution in [0.25, 0.3) is 0 Å². The summed E-state index contributed by atoms with van der Waals surface area (Å²) in [5, 5.41) is 11.6. The Morgan fingerprint density at radius 2 is 2.31 bits per heavy atom. The first kappa shape index (κ1) is 19.1. The molecule has 1 amide bonds. The molecule has 0 radical (unpaired) electrons. The van der Waals surface area contributed by atoms with Gasteiger partial charge in [0.1, 0.15) is 0 Å². The number of amides is 1. The maximum absolute atomic E-state index is 12.3. The molecule has 8 heteroatoms. The van der Waals surface area contributed by atoms with Gasteiger partial charge in [-0.3, -0.25) is 9.69 Å². The Hall–Kier alpha value is -1.70. The zero-order valence-corrected chi connectivity index (χ0v) is 16.9. The minimum atomic E-state index is -0.0826. The van der Waals surface area contributed by atoms with Crippen molar-refractivity contribution in [2.45, 2.75) is 18.9 Å². The molecule has 0 spiro atoms. The third kappa shape index (κ3) is 4.93. The number of nitrogens with one attached hydrogen (secondary N) is 1. The Balaban J connectivity index is 1.54. The Morgan fingerprint density at radius 1 is 1.46 bits per heavy atom. The molecule has 138 valence electrons. The highest BCUT2D eigenvalue weighted by Gasteiger charge is 2.27. The van der Waals surface area contributed by atoms with Crippen LogP contribution in [0.1, 0.15) is 12.8 Å². The van der Waals surface area contributed by atoms with Gasteiger partial charge in [-0.15, -0.1) is 5.10 Å². The number of benzene rings is 1. The number of aromatic nitrogens is 2. The maximum Gasteiger partial charge on any atom is 0.238 e. The van der Waals surface area contributed by atoms with Crippen LogP contribution in [0.3, 0.4) is 0 Å². The van der Waals surface area contributed by atoms with Crippen molar-refractivity contribution in [3.63, 3.8) is 0 Å². The molecule has 3 rings (SSSR count). The SMILES string of the molecule is CN(CC(=O)Nc1ccc(Br)cc1Cl)CC1CCCN1c1cccnn1. The summed E-state index contributed by atoms with van der Waals surface area (Å²) >= 11 is 9.51. The van der Waals surface area contributed by atoms with E-state index in [1.807, 2.05) is 30.1 Å². The number of rotatable bonds is 6. The number of halogens is 2. The van der Waals surface area contributed by atoms with Crippen molar-refractivity contribution in [1.82, 2.24) is 15.1 Å². The Bertz CT molecular complexity index is 761. The summed E-state index contributed by atoms with van der Waals surface area (Å²) in [5.74, 6) is 0.815. The minimum absolute atomic E-state index is 0.0826. The molecular weight excluding hydrogens is 418 g/mol. The van der Waals surface area contributed by atoms with E-state index in [0.717, 1.165) is 36.2 Å². The second-order valence-corrected chi connectivity index (χ2v) is 7.76. The third-order valence-electron chi connectivity index (χ3n) is 4.37. The molecule has 2 aromatic rings. The summed E-state index contributed by atoms with van der Waals surface area (Å²) < 4.78 is 0.878. The predicted molar refractivity (Wildman–Crippen MR) is 108 cm³/mol. The van der Waals surface area contributed by atoms with Crippen LogP contribution in [0.2, 0.25) is 5.02 Å². The van der Waals surface area contributed by atoms with Gasteiger partial charge in [0.15, 0.2) is 5.82 Å². The van der Waals surface area contributed by atoms with E-state index in [0.29, 0.717) is 23.3 Å². The van der Waals surface area contributed by atoms with Gasteiger partial charge in [0.05, 0.1) is 17.3 Å². The molecule has 0 saturated carbocycles. The molecule has 0 bridgehead atoms. The summed E-state index contributed by atoms with van der Waals surface area (Å²) in [7, 11) is 1.95. The second-order valence-electron chi connectivity index (χ2n) is 6.44. The molecule has 1 aliphatic heterocycles. The van der Waals surface area contributed by atoms with Crippen LogP contribution in [0.4, 0.5) is 11.5 Å². The van der Waals surface area contributed by atoms with E-state index in [-0.39, 0.29) is 5.91 Å². The Morgan fingerprint density at radius 3 is 3.04 bits per heavy atom. The first-order chi connectivity index (χ1) is 12.5. The highest BCUT2D eigenvalue weighted by atomic mass is 79.9. The smallest absolute Gasteiger partial charge is 0.238 e. The van der Waals surface area contributed by atoms with Crippen LogP contribution >= 0.6 is 27.5 Å². The summed E-state index contributed by atoms with van der Waals surface area (Å²) in [6, 6.07) is 9.61. The molecule has 0 aliphatic carbocycles. The van der Waals surface area contributed by atoms with Gasteiger partial charge in [-0.05, 0) is 50.2 Å². The number of nitrogens with zero attached hydrogens (tertiary/aromatic N) is 4. The van der Waals surface area contributed by atoms with Gasteiger partial charge in [-0.25, -0.2) is 0 Å². The first-order valence-corrected chi connectivity index (χ1v) is 9.68. The monoisotopic (exact) mass is 437 g/mol. The van der Waals surface area contributed by atoms with Gasteiger partial charge in [-0.1, -0.05) is 27.5 Å². The van der Waals surface area contributed by atoms with Gasteiger partial charge in [0.25, 0.3) is 0 Å². The van der Waals surface area contributed by atoms with Crippen LogP contribution < -0.4 is 10.2 Å². The van der Waals surface area contributed by atoms with Crippen molar-refractivity contribution in [3.05, 3.63) is 46.0 Å². The molecule has 1 N–H and O–H groups in total. The van der Waals surface area contributed by atoms with Crippen LogP contribution in [-0.4, -0.2) is 53.7 Å². The Labute approximate surface area is 166 Å². The minimum Gasteiger partial charge on any atom is -0.351 e. The molecule has 26 heavy (non-hydrogen) atoms. The highest BCUT2D eigenvalue weighted by molar-refractivity contribution is 9.10. The molecule has 1 fully saturated rings. The molecule has 2 heterocycles. The van der Waals surface area contributed by atoms with Gasteiger partial charge in [0, 0.05) is 29.8 Å². The standard InChI is InChI=1S/C18H21BrClN5O/c1-24(12-18(26)22-16-7-6-13(19)10-15(16)20)11-14-4-3-9-25(14)17-5-2-8-21-23-17/h2,5-8,10,14H,3-4,9,11-12H2,1H3,(H,22,26). The number of anilines is 2. The van der Waals surface area contributed by atoms with Crippen molar-refractivity contribution >= 4 is 44.9 Å². The zero-order chi connectivity index (χ0) is 18.5. The van der Waals surface area contributed by atoms with E-state index in [1.165, 1.54) is 0 Å². The van der Waals surface area contributed by atoms with Gasteiger partial charge in [-0.2, -0.15) is 5.10 Å². The average Bonchev–Trinajstić information content (AvgIpc) is 3.06. The lowest BCUT2D eigenvalue weighted by Gasteiger charge is -2.29. The molecule has 1 atom stereocenters. The van der Waals surface area contributed by atoms with Crippen LogP contribution in [-0.2, 0) is 4.79 Å². The maximum atomic E-state index is 12.3. The summed E-state index contributed by atoms with van der Waals surface area (Å²) in [6.45, 7) is 2.06. The number of carbonyl (C=O) groups excluding carboxylic acids is 1. The lowest BCUT2D eigenvalue weighted by Crippen LogP contribution is -2.42. The normalized spacial score (nSPS) is 16.9. The molecule has 1 saturated heterocycles. The lowest BCUT2D eigenvalue weighted by molar-refractivity contribution is -0.117. The van der Waals surface area contributed by atoms with Crippen LogP contribution in [0.5, 0.6) is 0 Å². The summed E-state index contributed by atoms with van der Waals surface area (Å²) in [5.41, 5.74) is 0.621. The van der Waals surface area contributed by atoms with E-state index in [4.69, 9.17) is 11.6 Å². The van der Waals surface area contributed by atoms with Gasteiger partial charge in [0.2, 0.25) is 5.91 Å².